The maximum atomic E-state index is 14.3. The van der Waals surface area contributed by atoms with Crippen LogP contribution in [0.1, 0.15) is 15.9 Å². The molecular formula is C29H20F16N2O3. The van der Waals surface area contributed by atoms with E-state index in [1.807, 2.05) is 0 Å². The molecule has 0 heterocycles. The predicted molar refractivity (Wildman–Crippen MR) is 142 cm³/mol. The number of carbonyl (C=O) groups excluding carboxylic acids is 1. The predicted octanol–water partition coefficient (Wildman–Crippen LogP) is 8.62. The lowest BCUT2D eigenvalue weighted by molar-refractivity contribution is -0.454. The van der Waals surface area contributed by atoms with Gasteiger partial charge in [-0.05, 0) is 42.5 Å². The molecule has 3 aromatic carbocycles. The minimum atomic E-state index is -8.60. The number of carbonyl (C=O) groups is 1. The summed E-state index contributed by atoms with van der Waals surface area (Å²) in [6.45, 7) is -6.13. The third kappa shape index (κ3) is 6.52. The summed E-state index contributed by atoms with van der Waals surface area (Å²) in [5.74, 6) is -65.6. The van der Waals surface area contributed by atoms with Crippen molar-refractivity contribution in [3.63, 3.8) is 0 Å². The summed E-state index contributed by atoms with van der Waals surface area (Å²) in [5.41, 5.74) is 9.52. The van der Waals surface area contributed by atoms with Crippen LogP contribution in [0.15, 0.2) is 72.8 Å². The molecule has 0 amide bonds. The van der Waals surface area contributed by atoms with Crippen molar-refractivity contribution in [2.24, 2.45) is 0 Å². The van der Waals surface area contributed by atoms with Crippen molar-refractivity contribution in [2.75, 3.05) is 24.7 Å². The summed E-state index contributed by atoms with van der Waals surface area (Å²) in [6.07, 6.45) is 0. The molecule has 50 heavy (non-hydrogen) atoms. The van der Waals surface area contributed by atoms with Crippen LogP contribution in [0.3, 0.4) is 0 Å². The Morgan fingerprint density at radius 3 is 1.34 bits per heavy atom. The molecule has 0 bridgehead atoms. The van der Waals surface area contributed by atoms with Crippen LogP contribution in [0.5, 0.6) is 11.5 Å². The molecule has 276 valence electrons. The minimum absolute atomic E-state index is 0.107. The van der Waals surface area contributed by atoms with E-state index in [9.17, 15) is 75.0 Å². The first-order chi connectivity index (χ1) is 22.6. The zero-order chi connectivity index (χ0) is 38.4. The third-order valence-corrected chi connectivity index (χ3v) is 6.91. The lowest BCUT2D eigenvalue weighted by Crippen LogP contribution is -2.75. The van der Waals surface area contributed by atoms with Gasteiger partial charge in [-0.3, -0.25) is 4.79 Å². The number of rotatable bonds is 15. The molecule has 0 aromatic heterocycles. The van der Waals surface area contributed by atoms with Gasteiger partial charge in [0.15, 0.2) is 19.0 Å². The zero-order valence-electron chi connectivity index (χ0n) is 24.3. The van der Waals surface area contributed by atoms with Crippen molar-refractivity contribution in [2.45, 2.75) is 47.4 Å². The molecule has 0 unspecified atom stereocenters. The maximum absolute atomic E-state index is 14.3. The summed E-state index contributed by atoms with van der Waals surface area (Å²) in [4.78, 5) is 12.4. The molecule has 0 aliphatic carbocycles. The smallest absolute Gasteiger partial charge is 0.385 e. The summed E-state index contributed by atoms with van der Waals surface area (Å²) >= 11 is 0. The van der Waals surface area contributed by atoms with Crippen molar-refractivity contribution < 1.29 is 84.5 Å². The summed E-state index contributed by atoms with van der Waals surface area (Å²) in [5, 5.41) is 0. The van der Waals surface area contributed by atoms with E-state index in [4.69, 9.17) is 11.5 Å². The number of alkyl halides is 16. The van der Waals surface area contributed by atoms with E-state index in [-0.39, 0.29) is 16.8 Å². The third-order valence-electron chi connectivity index (χ3n) is 6.91. The van der Waals surface area contributed by atoms with Crippen molar-refractivity contribution in [3.8, 4) is 11.5 Å². The highest BCUT2D eigenvalue weighted by molar-refractivity contribution is 6.08. The first-order valence-corrected chi connectivity index (χ1v) is 13.2. The Hall–Kier alpha value is -4.59. The van der Waals surface area contributed by atoms with Gasteiger partial charge in [0.2, 0.25) is 0 Å². The molecule has 0 spiro atoms. The van der Waals surface area contributed by atoms with Crippen LogP contribution >= 0.6 is 0 Å². The minimum Gasteiger partial charge on any atom is -0.487 e. The van der Waals surface area contributed by atoms with E-state index >= 15 is 0 Å². The fourth-order valence-electron chi connectivity index (χ4n) is 3.93. The molecule has 3 rings (SSSR count). The molecule has 0 radical (unpaired) electrons. The molecule has 0 fully saturated rings. The second-order valence-electron chi connectivity index (χ2n) is 10.4. The van der Waals surface area contributed by atoms with Crippen LogP contribution in [-0.4, -0.2) is 66.4 Å². The summed E-state index contributed by atoms with van der Waals surface area (Å²) < 4.78 is 236. The van der Waals surface area contributed by atoms with Gasteiger partial charge in [-0.25, -0.2) is 0 Å². The van der Waals surface area contributed by atoms with Crippen LogP contribution in [-0.2, 0) is 0 Å². The first-order valence-electron chi connectivity index (χ1n) is 13.2. The van der Waals surface area contributed by atoms with E-state index in [2.05, 4.69) is 9.47 Å². The van der Waals surface area contributed by atoms with Crippen LogP contribution in [0.4, 0.5) is 81.6 Å². The lowest BCUT2D eigenvalue weighted by atomic mass is 9.88. The van der Waals surface area contributed by atoms with Gasteiger partial charge in [0.25, 0.3) is 0 Å². The molecule has 0 aliphatic rings. The van der Waals surface area contributed by atoms with Gasteiger partial charge >= 0.3 is 47.4 Å². The molecule has 21 heteroatoms. The summed E-state index contributed by atoms with van der Waals surface area (Å²) in [6, 6.07) is 12.2. The zero-order valence-corrected chi connectivity index (χ0v) is 24.3. The Balaban J connectivity index is 1.85. The number of ketones is 1. The number of ether oxygens (including phenoxy) is 2. The normalized spacial score (nSPS) is 14.0. The molecular weight excluding hydrogens is 728 g/mol. The van der Waals surface area contributed by atoms with E-state index in [0.29, 0.717) is 18.2 Å². The highest BCUT2D eigenvalue weighted by atomic mass is 19.4. The van der Waals surface area contributed by atoms with Gasteiger partial charge in [-0.1, -0.05) is 30.3 Å². The number of halogens is 16. The van der Waals surface area contributed by atoms with Gasteiger partial charge in [0.1, 0.15) is 11.5 Å². The van der Waals surface area contributed by atoms with Crippen molar-refractivity contribution in [1.82, 2.24) is 0 Å². The maximum Gasteiger partial charge on any atom is 0.385 e. The SMILES string of the molecule is Nc1ccc(OCC(F)(F)C(F)(F)C(F)(F)C(F)(F)C(F)(F)C(F)(F)C(F)(F)C(F)(F)COc2ccc(C(=O)c3ccccc3)cc2)c(N)c1. The molecule has 0 aliphatic heterocycles. The molecule has 0 saturated carbocycles. The average Bonchev–Trinajstić information content (AvgIpc) is 3.03. The standard InChI is InChI=1S/C29H20F16N2O3/c30-22(31,13-49-18-9-6-16(7-10-18)21(48)15-4-2-1-3-5-15)24(34,35)26(38,39)28(42,43)29(44,45)27(40,41)25(36,37)23(32,33)14-50-20-11-8-17(46)12-19(20)47/h1-12H,13-14,46-47H2. The van der Waals surface area contributed by atoms with Gasteiger partial charge in [0.05, 0.1) is 5.69 Å². The van der Waals surface area contributed by atoms with E-state index in [1.54, 1.807) is 6.07 Å². The number of hydrogen-bond donors (Lipinski definition) is 2. The Bertz CT molecular complexity index is 1670. The lowest BCUT2D eigenvalue weighted by Gasteiger charge is -2.43. The van der Waals surface area contributed by atoms with Crippen LogP contribution in [0.25, 0.3) is 0 Å². The fraction of sp³-hybridized carbons (Fsp3) is 0.345. The number of hydrogen-bond acceptors (Lipinski definition) is 5. The highest BCUT2D eigenvalue weighted by Gasteiger charge is 2.94. The second kappa shape index (κ2) is 12.9. The Kier molecular flexibility index (Phi) is 10.3. The fourth-order valence-corrected chi connectivity index (χ4v) is 3.93. The largest absolute Gasteiger partial charge is 0.487 e. The Morgan fingerprint density at radius 2 is 0.900 bits per heavy atom. The highest BCUT2D eigenvalue weighted by Crippen LogP contribution is 2.63. The first kappa shape index (κ1) is 39.8. The van der Waals surface area contributed by atoms with Crippen molar-refractivity contribution >= 4 is 17.2 Å². The average molecular weight is 748 g/mol. The Morgan fingerprint density at radius 1 is 0.500 bits per heavy atom. The summed E-state index contributed by atoms with van der Waals surface area (Å²) in [7, 11) is 0. The van der Waals surface area contributed by atoms with Gasteiger partial charge in [-0.2, -0.15) is 70.2 Å². The van der Waals surface area contributed by atoms with Gasteiger partial charge in [0, 0.05) is 16.8 Å². The molecule has 4 N–H and O–H groups in total. The molecule has 0 atom stereocenters. The van der Waals surface area contributed by atoms with Crippen LogP contribution < -0.4 is 20.9 Å². The van der Waals surface area contributed by atoms with Gasteiger partial charge in [-0.15, -0.1) is 0 Å². The number of nitrogens with two attached hydrogens (primary N) is 2. The molecule has 0 saturated heterocycles. The number of benzene rings is 3. The second-order valence-corrected chi connectivity index (χ2v) is 10.4. The number of anilines is 2. The van der Waals surface area contributed by atoms with Gasteiger partial charge < -0.3 is 20.9 Å². The topological polar surface area (TPSA) is 87.6 Å². The van der Waals surface area contributed by atoms with Crippen molar-refractivity contribution in [3.05, 3.63) is 83.9 Å². The Labute approximate surface area is 269 Å². The quantitative estimate of drug-likeness (QED) is 0.0924. The monoisotopic (exact) mass is 748 g/mol. The van der Waals surface area contributed by atoms with Crippen molar-refractivity contribution in [1.29, 1.82) is 0 Å². The van der Waals surface area contributed by atoms with Crippen LogP contribution in [0, 0.1) is 0 Å². The number of nitrogen functional groups attached to an aromatic ring is 2. The van der Waals surface area contributed by atoms with Crippen LogP contribution in [0.2, 0.25) is 0 Å². The van der Waals surface area contributed by atoms with E-state index in [1.165, 1.54) is 24.3 Å². The van der Waals surface area contributed by atoms with E-state index in [0.717, 1.165) is 24.3 Å². The molecule has 3 aromatic rings. The molecule has 5 nitrogen and oxygen atoms in total. The van der Waals surface area contributed by atoms with E-state index < -0.39 is 83.6 Å².